The Morgan fingerprint density at radius 3 is 2.42 bits per heavy atom. The monoisotopic (exact) mass is 251 g/mol. The van der Waals surface area contributed by atoms with Gasteiger partial charge in [-0.25, -0.2) is 0 Å². The van der Waals surface area contributed by atoms with Gasteiger partial charge in [-0.15, -0.1) is 0 Å². The molecule has 0 bridgehead atoms. The number of carbonyl (C=O) groups excluding carboxylic acids is 1. The average molecular weight is 251 g/mol. The van der Waals surface area contributed by atoms with Crippen LogP contribution in [-0.4, -0.2) is 5.91 Å². The summed E-state index contributed by atoms with van der Waals surface area (Å²) in [5, 5.41) is 2.91. The minimum atomic E-state index is -0.0511. The number of hydrogen-bond acceptors (Lipinski definition) is 1. The zero-order valence-electron chi connectivity index (χ0n) is 11.2. The Morgan fingerprint density at radius 2 is 1.74 bits per heavy atom. The zero-order chi connectivity index (χ0) is 13.4. The van der Waals surface area contributed by atoms with Crippen LogP contribution >= 0.6 is 0 Å². The molecule has 1 heterocycles. The number of fused-ring (bicyclic) bond motifs is 1. The van der Waals surface area contributed by atoms with Crippen molar-refractivity contribution in [3.63, 3.8) is 0 Å². The molecule has 96 valence electrons. The second kappa shape index (κ2) is 4.54. The molecule has 0 saturated carbocycles. The van der Waals surface area contributed by atoms with Crippen LogP contribution in [0.25, 0.3) is 11.1 Å². The van der Waals surface area contributed by atoms with Gasteiger partial charge in [-0.3, -0.25) is 4.79 Å². The lowest BCUT2D eigenvalue weighted by Gasteiger charge is -2.07. The lowest BCUT2D eigenvalue weighted by Crippen LogP contribution is -2.08. The van der Waals surface area contributed by atoms with Crippen LogP contribution < -0.4 is 5.32 Å². The summed E-state index contributed by atoms with van der Waals surface area (Å²) in [5.74, 6) is 0.0401. The maximum absolute atomic E-state index is 11.7. The number of rotatable bonds is 2. The molecular formula is C17H17NO. The summed E-state index contributed by atoms with van der Waals surface area (Å²) in [7, 11) is 0. The quantitative estimate of drug-likeness (QED) is 0.859. The Hall–Kier alpha value is -2.09. The molecule has 1 amide bonds. The molecule has 1 atom stereocenters. The van der Waals surface area contributed by atoms with Crippen molar-refractivity contribution in [1.82, 2.24) is 0 Å². The highest BCUT2D eigenvalue weighted by Crippen LogP contribution is 2.35. The first-order valence-corrected chi connectivity index (χ1v) is 6.73. The molecule has 1 unspecified atom stereocenters. The second-order valence-corrected chi connectivity index (χ2v) is 5.06. The molecule has 1 N–H and O–H groups in total. The highest BCUT2D eigenvalue weighted by molar-refractivity contribution is 6.03. The van der Waals surface area contributed by atoms with Crippen molar-refractivity contribution in [3.8, 4) is 11.1 Å². The van der Waals surface area contributed by atoms with Crippen LogP contribution in [-0.2, 0) is 11.2 Å². The Balaban J connectivity index is 2.00. The fraction of sp³-hybridized carbons (Fsp3) is 0.235. The fourth-order valence-corrected chi connectivity index (χ4v) is 2.53. The third-order valence-electron chi connectivity index (χ3n) is 3.86. The lowest BCUT2D eigenvalue weighted by molar-refractivity contribution is -0.116. The van der Waals surface area contributed by atoms with Gasteiger partial charge in [0.15, 0.2) is 0 Å². The molecule has 0 spiro atoms. The molecule has 19 heavy (non-hydrogen) atoms. The minimum Gasteiger partial charge on any atom is -0.325 e. The number of anilines is 1. The maximum Gasteiger partial charge on any atom is 0.231 e. The molecule has 2 aromatic carbocycles. The van der Waals surface area contributed by atoms with E-state index >= 15 is 0 Å². The topological polar surface area (TPSA) is 29.1 Å². The normalized spacial score (nSPS) is 17.2. The zero-order valence-corrected chi connectivity index (χ0v) is 11.2. The van der Waals surface area contributed by atoms with Crippen molar-refractivity contribution in [2.24, 2.45) is 0 Å². The van der Waals surface area contributed by atoms with E-state index in [1.807, 2.05) is 13.0 Å². The van der Waals surface area contributed by atoms with E-state index in [1.165, 1.54) is 16.7 Å². The molecule has 0 saturated heterocycles. The molecule has 1 aliphatic heterocycles. The van der Waals surface area contributed by atoms with Gasteiger partial charge in [0.1, 0.15) is 0 Å². The molecular weight excluding hydrogens is 234 g/mol. The average Bonchev–Trinajstić information content (AvgIpc) is 2.74. The molecule has 0 aliphatic carbocycles. The Kier molecular flexibility index (Phi) is 2.86. The predicted molar refractivity (Wildman–Crippen MR) is 78.3 cm³/mol. The molecule has 2 nitrogen and oxygen atoms in total. The van der Waals surface area contributed by atoms with E-state index in [0.29, 0.717) is 0 Å². The van der Waals surface area contributed by atoms with E-state index < -0.39 is 0 Å². The fourth-order valence-electron chi connectivity index (χ4n) is 2.53. The summed E-state index contributed by atoms with van der Waals surface area (Å²) in [6.07, 6.45) is 1.06. The van der Waals surface area contributed by atoms with Crippen LogP contribution in [0.5, 0.6) is 0 Å². The first-order valence-electron chi connectivity index (χ1n) is 6.73. The van der Waals surface area contributed by atoms with Gasteiger partial charge in [0.25, 0.3) is 0 Å². The van der Waals surface area contributed by atoms with Gasteiger partial charge in [0, 0.05) is 5.69 Å². The van der Waals surface area contributed by atoms with Crippen LogP contribution in [0, 0.1) is 0 Å². The summed E-state index contributed by atoms with van der Waals surface area (Å²) in [6.45, 7) is 4.11. The molecule has 3 rings (SSSR count). The summed E-state index contributed by atoms with van der Waals surface area (Å²) in [6, 6.07) is 14.8. The van der Waals surface area contributed by atoms with Gasteiger partial charge in [0.05, 0.1) is 5.92 Å². The van der Waals surface area contributed by atoms with E-state index in [2.05, 4.69) is 48.6 Å². The summed E-state index contributed by atoms with van der Waals surface area (Å²) in [5.41, 5.74) is 5.76. The lowest BCUT2D eigenvalue weighted by atomic mass is 9.96. The number of hydrogen-bond donors (Lipinski definition) is 1. The van der Waals surface area contributed by atoms with Crippen molar-refractivity contribution in [2.45, 2.75) is 26.2 Å². The molecule has 2 heteroatoms. The summed E-state index contributed by atoms with van der Waals surface area (Å²) < 4.78 is 0. The van der Waals surface area contributed by atoms with Gasteiger partial charge in [0.2, 0.25) is 5.91 Å². The highest BCUT2D eigenvalue weighted by Gasteiger charge is 2.26. The molecule has 0 fully saturated rings. The van der Waals surface area contributed by atoms with Crippen LogP contribution in [0.1, 0.15) is 30.9 Å². The van der Waals surface area contributed by atoms with Gasteiger partial charge in [-0.05, 0) is 47.7 Å². The third-order valence-corrected chi connectivity index (χ3v) is 3.86. The Morgan fingerprint density at radius 1 is 1.05 bits per heavy atom. The number of aryl methyl sites for hydroxylation is 1. The smallest absolute Gasteiger partial charge is 0.231 e. The number of carbonyl (C=O) groups is 1. The maximum atomic E-state index is 11.7. The molecule has 0 aromatic heterocycles. The van der Waals surface area contributed by atoms with E-state index in [1.54, 1.807) is 0 Å². The largest absolute Gasteiger partial charge is 0.325 e. The van der Waals surface area contributed by atoms with Crippen molar-refractivity contribution >= 4 is 11.6 Å². The van der Waals surface area contributed by atoms with E-state index in [9.17, 15) is 4.79 Å². The van der Waals surface area contributed by atoms with Crippen molar-refractivity contribution in [3.05, 3.63) is 53.6 Å². The molecule has 2 aromatic rings. The van der Waals surface area contributed by atoms with Crippen LogP contribution in [0.2, 0.25) is 0 Å². The van der Waals surface area contributed by atoms with E-state index in [-0.39, 0.29) is 11.8 Å². The van der Waals surface area contributed by atoms with E-state index in [4.69, 9.17) is 0 Å². The van der Waals surface area contributed by atoms with Crippen molar-refractivity contribution < 1.29 is 4.79 Å². The first-order chi connectivity index (χ1) is 9.19. The van der Waals surface area contributed by atoms with Crippen LogP contribution in [0.15, 0.2) is 42.5 Å². The number of nitrogens with one attached hydrogen (secondary N) is 1. The van der Waals surface area contributed by atoms with Crippen molar-refractivity contribution in [1.29, 1.82) is 0 Å². The van der Waals surface area contributed by atoms with Gasteiger partial charge >= 0.3 is 0 Å². The number of benzene rings is 2. The Labute approximate surface area is 113 Å². The SMILES string of the molecule is CCc1ccc(-c2ccc3c(c2)C(C)C(=O)N3)cc1. The van der Waals surface area contributed by atoms with Crippen molar-refractivity contribution in [2.75, 3.05) is 5.32 Å². The van der Waals surface area contributed by atoms with Gasteiger partial charge in [-0.2, -0.15) is 0 Å². The van der Waals surface area contributed by atoms with Gasteiger partial charge in [-0.1, -0.05) is 37.3 Å². The predicted octanol–water partition coefficient (Wildman–Crippen LogP) is 3.97. The second-order valence-electron chi connectivity index (χ2n) is 5.06. The standard InChI is InChI=1S/C17H17NO/c1-3-12-4-6-13(7-5-12)14-8-9-16-15(10-14)11(2)17(19)18-16/h4-11H,3H2,1-2H3,(H,18,19). The summed E-state index contributed by atoms with van der Waals surface area (Å²) >= 11 is 0. The summed E-state index contributed by atoms with van der Waals surface area (Å²) in [4.78, 5) is 11.7. The minimum absolute atomic E-state index is 0.0511. The first kappa shape index (κ1) is 12.0. The highest BCUT2D eigenvalue weighted by atomic mass is 16.2. The third kappa shape index (κ3) is 2.03. The number of amides is 1. The van der Waals surface area contributed by atoms with Crippen LogP contribution in [0.3, 0.4) is 0 Å². The molecule has 0 radical (unpaired) electrons. The molecule has 1 aliphatic rings. The van der Waals surface area contributed by atoms with Gasteiger partial charge < -0.3 is 5.32 Å². The Bertz CT molecular complexity index is 628. The van der Waals surface area contributed by atoms with E-state index in [0.717, 1.165) is 17.7 Å². The van der Waals surface area contributed by atoms with Crippen LogP contribution in [0.4, 0.5) is 5.69 Å².